The lowest BCUT2D eigenvalue weighted by Crippen LogP contribution is -2.41. The Balaban J connectivity index is 3.38. The van der Waals surface area contributed by atoms with Crippen LogP contribution in [0.5, 0.6) is 0 Å². The molecule has 3 N–H and O–H groups in total. The first kappa shape index (κ1) is 18.3. The minimum atomic E-state index is -3.90. The predicted molar refractivity (Wildman–Crippen MR) is 83.9 cm³/mol. The highest BCUT2D eigenvalue weighted by atomic mass is 79.9. The number of nitrogen functional groups attached to an aromatic ring is 1. The maximum absolute atomic E-state index is 13.4. The maximum Gasteiger partial charge on any atom is 0.245 e. The van der Waals surface area contributed by atoms with Gasteiger partial charge >= 0.3 is 0 Å². The van der Waals surface area contributed by atoms with Crippen LogP contribution >= 0.6 is 15.9 Å². The number of halogens is 2. The molecule has 0 saturated carbocycles. The number of hydrogen-bond donors (Lipinski definition) is 2. The number of rotatable bonds is 7. The van der Waals surface area contributed by atoms with Gasteiger partial charge in [-0.2, -0.15) is 4.31 Å². The van der Waals surface area contributed by atoms with Crippen LogP contribution in [0.25, 0.3) is 0 Å². The number of hydrogen-bond acceptors (Lipinski definition) is 4. The molecule has 0 aliphatic carbocycles. The van der Waals surface area contributed by atoms with Crippen LogP contribution in [-0.2, 0) is 10.0 Å². The Labute approximate surface area is 133 Å². The first-order valence-corrected chi connectivity index (χ1v) is 8.90. The van der Waals surface area contributed by atoms with Crippen molar-refractivity contribution in [3.8, 4) is 0 Å². The van der Waals surface area contributed by atoms with E-state index in [9.17, 15) is 12.8 Å². The highest BCUT2D eigenvalue weighted by molar-refractivity contribution is 9.10. The molecule has 1 rings (SSSR count). The predicted octanol–water partition coefficient (Wildman–Crippen LogP) is 2.34. The van der Waals surface area contributed by atoms with Crippen LogP contribution in [0.4, 0.5) is 10.1 Å². The summed E-state index contributed by atoms with van der Waals surface area (Å²) in [6, 6.07) is 1.89. The molecule has 0 aromatic heterocycles. The van der Waals surface area contributed by atoms with E-state index in [1.165, 1.54) is 4.31 Å². The number of nitrogens with two attached hydrogens (primary N) is 1. The summed E-state index contributed by atoms with van der Waals surface area (Å²) < 4.78 is 40.2. The minimum Gasteiger partial charge on any atom is -0.398 e. The van der Waals surface area contributed by atoms with Gasteiger partial charge in [0.05, 0.1) is 16.8 Å². The van der Waals surface area contributed by atoms with Crippen molar-refractivity contribution in [2.45, 2.75) is 37.6 Å². The summed E-state index contributed by atoms with van der Waals surface area (Å²) in [4.78, 5) is -0.156. The molecule has 0 aliphatic rings. The summed E-state index contributed by atoms with van der Waals surface area (Å²) in [5.41, 5.74) is 5.52. The molecule has 1 aromatic carbocycles. The monoisotopic (exact) mass is 382 g/mol. The third-order valence-electron chi connectivity index (χ3n) is 3.31. The van der Waals surface area contributed by atoms with E-state index < -0.39 is 15.8 Å². The van der Waals surface area contributed by atoms with Gasteiger partial charge in [0.2, 0.25) is 10.0 Å². The Morgan fingerprint density at radius 2 is 1.95 bits per heavy atom. The summed E-state index contributed by atoms with van der Waals surface area (Å²) in [6.45, 7) is 3.43. The molecule has 0 bridgehead atoms. The maximum atomic E-state index is 13.4. The SMILES string of the molecule is CCC(CC)N(CCO)S(=O)(=O)c1cc(Br)c(F)cc1N. The molecule has 0 spiro atoms. The fourth-order valence-corrected chi connectivity index (χ4v) is 4.57. The lowest BCUT2D eigenvalue weighted by molar-refractivity contribution is 0.219. The standard InChI is InChI=1S/C13H20BrFN2O3S/c1-3-9(4-2)17(5-6-18)21(19,20)13-7-10(14)11(15)8-12(13)16/h7-9,18H,3-6,16H2,1-2H3. The third kappa shape index (κ3) is 3.94. The fraction of sp³-hybridized carbons (Fsp3) is 0.538. The molecule has 0 aliphatic heterocycles. The molecule has 0 saturated heterocycles. The molecular weight excluding hydrogens is 363 g/mol. The number of benzene rings is 1. The number of anilines is 1. The van der Waals surface area contributed by atoms with Gasteiger partial charge in [0.1, 0.15) is 10.7 Å². The number of aliphatic hydroxyl groups excluding tert-OH is 1. The van der Waals surface area contributed by atoms with Crippen LogP contribution in [0.1, 0.15) is 26.7 Å². The van der Waals surface area contributed by atoms with Crippen molar-refractivity contribution in [1.82, 2.24) is 4.31 Å². The molecule has 0 heterocycles. The average molecular weight is 383 g/mol. The van der Waals surface area contributed by atoms with Gasteiger partial charge in [-0.05, 0) is 40.9 Å². The number of nitrogens with zero attached hydrogens (tertiary/aromatic N) is 1. The molecule has 1 aromatic rings. The van der Waals surface area contributed by atoms with Gasteiger partial charge in [0.25, 0.3) is 0 Å². The van der Waals surface area contributed by atoms with Crippen LogP contribution < -0.4 is 5.73 Å². The van der Waals surface area contributed by atoms with Crippen LogP contribution in [-0.4, -0.2) is 37.0 Å². The molecule has 21 heavy (non-hydrogen) atoms. The van der Waals surface area contributed by atoms with E-state index in [0.29, 0.717) is 12.8 Å². The Kier molecular flexibility index (Phi) is 6.58. The van der Waals surface area contributed by atoms with Gasteiger partial charge in [-0.1, -0.05) is 13.8 Å². The molecule has 0 atom stereocenters. The second-order valence-corrected chi connectivity index (χ2v) is 7.33. The van der Waals surface area contributed by atoms with E-state index in [4.69, 9.17) is 10.8 Å². The minimum absolute atomic E-state index is 0.0247. The van der Waals surface area contributed by atoms with Crippen molar-refractivity contribution >= 4 is 31.6 Å². The number of sulfonamides is 1. The molecule has 0 radical (unpaired) electrons. The van der Waals surface area contributed by atoms with Crippen LogP contribution in [0.15, 0.2) is 21.5 Å². The second-order valence-electron chi connectivity index (χ2n) is 4.61. The summed E-state index contributed by atoms with van der Waals surface area (Å²) in [6.07, 6.45) is 1.22. The van der Waals surface area contributed by atoms with E-state index >= 15 is 0 Å². The van der Waals surface area contributed by atoms with Crippen molar-refractivity contribution in [2.75, 3.05) is 18.9 Å². The lowest BCUT2D eigenvalue weighted by Gasteiger charge is -2.29. The summed E-state index contributed by atoms with van der Waals surface area (Å²) in [5.74, 6) is -0.623. The van der Waals surface area contributed by atoms with Crippen molar-refractivity contribution in [3.05, 3.63) is 22.4 Å². The lowest BCUT2D eigenvalue weighted by atomic mass is 10.2. The molecule has 120 valence electrons. The topological polar surface area (TPSA) is 83.6 Å². The van der Waals surface area contributed by atoms with E-state index in [1.807, 2.05) is 13.8 Å². The Morgan fingerprint density at radius 1 is 1.38 bits per heavy atom. The normalized spacial score (nSPS) is 12.3. The van der Waals surface area contributed by atoms with Gasteiger partial charge in [-0.25, -0.2) is 12.8 Å². The number of aliphatic hydroxyl groups is 1. The first-order chi connectivity index (χ1) is 9.79. The van der Waals surface area contributed by atoms with Crippen molar-refractivity contribution < 1.29 is 17.9 Å². The summed E-state index contributed by atoms with van der Waals surface area (Å²) >= 11 is 2.97. The third-order valence-corrected chi connectivity index (χ3v) is 5.92. The van der Waals surface area contributed by atoms with E-state index in [0.717, 1.165) is 12.1 Å². The van der Waals surface area contributed by atoms with E-state index in [2.05, 4.69) is 15.9 Å². The fourth-order valence-electron chi connectivity index (χ4n) is 2.19. The quantitative estimate of drug-likeness (QED) is 0.708. The highest BCUT2D eigenvalue weighted by Crippen LogP contribution is 2.30. The molecule has 5 nitrogen and oxygen atoms in total. The van der Waals surface area contributed by atoms with Crippen molar-refractivity contribution in [2.24, 2.45) is 0 Å². The largest absolute Gasteiger partial charge is 0.398 e. The Morgan fingerprint density at radius 3 is 2.43 bits per heavy atom. The van der Waals surface area contributed by atoms with Gasteiger partial charge in [-0.15, -0.1) is 0 Å². The average Bonchev–Trinajstić information content (AvgIpc) is 2.43. The summed E-state index contributed by atoms with van der Waals surface area (Å²) in [5, 5.41) is 9.15. The molecule has 0 unspecified atom stereocenters. The molecule has 8 heteroatoms. The van der Waals surface area contributed by atoms with Crippen LogP contribution in [0, 0.1) is 5.82 Å². The van der Waals surface area contributed by atoms with Gasteiger partial charge in [-0.3, -0.25) is 0 Å². The Hall–Kier alpha value is -0.700. The molecule has 0 amide bonds. The second kappa shape index (κ2) is 7.53. The highest BCUT2D eigenvalue weighted by Gasteiger charge is 2.31. The van der Waals surface area contributed by atoms with Crippen molar-refractivity contribution in [3.63, 3.8) is 0 Å². The smallest absolute Gasteiger partial charge is 0.245 e. The zero-order chi connectivity index (χ0) is 16.2. The zero-order valence-electron chi connectivity index (χ0n) is 12.0. The van der Waals surface area contributed by atoms with Gasteiger partial charge in [0.15, 0.2) is 0 Å². The van der Waals surface area contributed by atoms with Crippen LogP contribution in [0.2, 0.25) is 0 Å². The first-order valence-electron chi connectivity index (χ1n) is 6.66. The van der Waals surface area contributed by atoms with Gasteiger partial charge < -0.3 is 10.8 Å². The van der Waals surface area contributed by atoms with E-state index in [1.54, 1.807) is 0 Å². The van der Waals surface area contributed by atoms with Crippen molar-refractivity contribution in [1.29, 1.82) is 0 Å². The Bertz CT molecular complexity index is 591. The zero-order valence-corrected chi connectivity index (χ0v) is 14.4. The van der Waals surface area contributed by atoms with Crippen LogP contribution in [0.3, 0.4) is 0 Å². The molecule has 0 fully saturated rings. The van der Waals surface area contributed by atoms with E-state index in [-0.39, 0.29) is 34.2 Å². The van der Waals surface area contributed by atoms with Gasteiger partial charge in [0, 0.05) is 12.6 Å². The summed E-state index contributed by atoms with van der Waals surface area (Å²) in [7, 11) is -3.90. The molecular formula is C13H20BrFN2O3S.